The summed E-state index contributed by atoms with van der Waals surface area (Å²) in [6, 6.07) is 21.9. The lowest BCUT2D eigenvalue weighted by molar-refractivity contribution is -0.384. The number of hydrogen-bond acceptors (Lipinski definition) is 8. The van der Waals surface area contributed by atoms with Gasteiger partial charge >= 0.3 is 0 Å². The van der Waals surface area contributed by atoms with Gasteiger partial charge < -0.3 is 14.4 Å². The molecule has 3 heterocycles. The van der Waals surface area contributed by atoms with Crippen molar-refractivity contribution in [2.75, 3.05) is 25.4 Å². The van der Waals surface area contributed by atoms with Gasteiger partial charge in [0.15, 0.2) is 5.65 Å². The number of hydrogen-bond donors (Lipinski definition) is 0. The van der Waals surface area contributed by atoms with Gasteiger partial charge in [-0.15, -0.1) is 10.2 Å². The highest BCUT2D eigenvalue weighted by atomic mass is 32.2. The lowest BCUT2D eigenvalue weighted by Crippen LogP contribution is -2.55. The lowest BCUT2D eigenvalue weighted by atomic mass is 10.1. The van der Waals surface area contributed by atoms with E-state index in [4.69, 9.17) is 4.98 Å². The minimum absolute atomic E-state index is 0.0801. The highest BCUT2D eigenvalue weighted by Gasteiger charge is 2.31. The molecule has 0 saturated carbocycles. The number of nitrogens with zero attached hydrogens (tertiary/aromatic N) is 7. The van der Waals surface area contributed by atoms with Gasteiger partial charge in [0.25, 0.3) is 11.6 Å². The van der Waals surface area contributed by atoms with Crippen LogP contribution in [0, 0.1) is 17.0 Å². The first-order valence-electron chi connectivity index (χ1n) is 13.9. The van der Waals surface area contributed by atoms with E-state index >= 15 is 0 Å². The molecule has 0 aliphatic carbocycles. The second-order valence-corrected chi connectivity index (χ2v) is 11.6. The Morgan fingerprint density at radius 2 is 1.84 bits per heavy atom. The summed E-state index contributed by atoms with van der Waals surface area (Å²) in [4.78, 5) is 45.1. The van der Waals surface area contributed by atoms with Gasteiger partial charge in [0, 0.05) is 55.3 Å². The maximum Gasteiger partial charge on any atom is 0.270 e. The van der Waals surface area contributed by atoms with Gasteiger partial charge in [0.05, 0.1) is 16.2 Å². The van der Waals surface area contributed by atoms with Crippen LogP contribution in [0.5, 0.6) is 0 Å². The number of nitro benzene ring substituents is 1. The summed E-state index contributed by atoms with van der Waals surface area (Å²) >= 11 is 1.24. The first-order chi connectivity index (χ1) is 20.8. The third-order valence-corrected chi connectivity index (χ3v) is 8.48. The minimum Gasteiger partial charge on any atom is -0.338 e. The Kier molecular flexibility index (Phi) is 7.76. The number of rotatable bonds is 7. The monoisotopic (exact) mass is 595 g/mol. The molecule has 6 rings (SSSR count). The van der Waals surface area contributed by atoms with Crippen LogP contribution in [0.3, 0.4) is 0 Å². The number of carbonyl (C=O) groups is 2. The first kappa shape index (κ1) is 28.3. The van der Waals surface area contributed by atoms with Crippen molar-refractivity contribution in [2.24, 2.45) is 0 Å². The third kappa shape index (κ3) is 5.78. The number of nitro groups is 1. The number of benzene rings is 3. The summed E-state index contributed by atoms with van der Waals surface area (Å²) in [7, 11) is 0. The number of amides is 2. The van der Waals surface area contributed by atoms with Crippen LogP contribution in [0.2, 0.25) is 0 Å². The van der Waals surface area contributed by atoms with Crippen LogP contribution in [0.25, 0.3) is 22.1 Å². The Hall–Kier alpha value is -4.84. The second-order valence-electron chi connectivity index (χ2n) is 10.6. The number of thioether (sulfide) groups is 1. The van der Waals surface area contributed by atoms with Crippen molar-refractivity contribution in [3.05, 3.63) is 99.6 Å². The average Bonchev–Trinajstić information content (AvgIpc) is 3.31. The molecule has 1 atom stereocenters. The van der Waals surface area contributed by atoms with E-state index < -0.39 is 4.92 Å². The molecule has 1 aliphatic heterocycles. The number of carbonyl (C=O) groups excluding carboxylic acids is 2. The quantitative estimate of drug-likeness (QED) is 0.150. The summed E-state index contributed by atoms with van der Waals surface area (Å²) in [5.74, 6) is -0.230. The molecule has 0 bridgehead atoms. The standard InChI is InChI=1S/C31H29N7O4S/c1-20-11-12-26-25(15-20)28-29(37(26)18-22-7-4-3-5-8-22)32-31(34-33-28)43-19-27(39)35-13-14-36(21(2)17-35)30(40)23-9-6-10-24(16-23)38(41)42/h3-12,15-16,21H,13-14,17-19H2,1-2H3. The molecule has 218 valence electrons. The van der Waals surface area contributed by atoms with Gasteiger partial charge in [-0.3, -0.25) is 19.7 Å². The van der Waals surface area contributed by atoms with Crippen LogP contribution < -0.4 is 0 Å². The molecule has 0 radical (unpaired) electrons. The third-order valence-electron chi connectivity index (χ3n) is 7.66. The molecule has 2 aromatic heterocycles. The van der Waals surface area contributed by atoms with Crippen molar-refractivity contribution in [3.8, 4) is 0 Å². The van der Waals surface area contributed by atoms with Crippen LogP contribution in [-0.4, -0.2) is 77.7 Å². The van der Waals surface area contributed by atoms with Crippen molar-refractivity contribution in [3.63, 3.8) is 0 Å². The van der Waals surface area contributed by atoms with Crippen LogP contribution in [0.4, 0.5) is 5.69 Å². The minimum atomic E-state index is -0.519. The van der Waals surface area contributed by atoms with E-state index in [0.717, 1.165) is 33.2 Å². The Bertz CT molecular complexity index is 1860. The fourth-order valence-electron chi connectivity index (χ4n) is 5.46. The van der Waals surface area contributed by atoms with Gasteiger partial charge in [0.2, 0.25) is 11.1 Å². The van der Waals surface area contributed by atoms with Gasteiger partial charge in [-0.2, -0.15) is 0 Å². The normalized spacial score (nSPS) is 15.3. The zero-order valence-electron chi connectivity index (χ0n) is 23.7. The Morgan fingerprint density at radius 3 is 2.60 bits per heavy atom. The summed E-state index contributed by atoms with van der Waals surface area (Å²) < 4.78 is 2.14. The summed E-state index contributed by atoms with van der Waals surface area (Å²) in [6.07, 6.45) is 0. The fourth-order valence-corrected chi connectivity index (χ4v) is 6.15. The molecule has 0 spiro atoms. The number of piperazine rings is 1. The van der Waals surface area contributed by atoms with Crippen LogP contribution >= 0.6 is 11.8 Å². The van der Waals surface area contributed by atoms with E-state index in [1.807, 2.05) is 32.0 Å². The van der Waals surface area contributed by atoms with Crippen molar-refractivity contribution in [1.29, 1.82) is 0 Å². The second kappa shape index (κ2) is 11.8. The molecule has 5 aromatic rings. The van der Waals surface area contributed by atoms with Gasteiger partial charge in [-0.1, -0.05) is 59.8 Å². The molecule has 2 amide bonds. The van der Waals surface area contributed by atoms with Crippen molar-refractivity contribution < 1.29 is 14.5 Å². The number of aromatic nitrogens is 4. The fraction of sp³-hybridized carbons (Fsp3) is 0.258. The predicted molar refractivity (Wildman–Crippen MR) is 164 cm³/mol. The number of non-ortho nitro benzene ring substituents is 1. The highest BCUT2D eigenvalue weighted by molar-refractivity contribution is 7.99. The van der Waals surface area contributed by atoms with E-state index in [1.165, 1.54) is 30.0 Å². The molecular weight excluding hydrogens is 566 g/mol. The zero-order valence-corrected chi connectivity index (χ0v) is 24.5. The van der Waals surface area contributed by atoms with Crippen LogP contribution in [-0.2, 0) is 11.3 Å². The van der Waals surface area contributed by atoms with Gasteiger partial charge in [0.1, 0.15) is 5.52 Å². The number of aryl methyl sites for hydroxylation is 1. The molecular formula is C31H29N7O4S. The Morgan fingerprint density at radius 1 is 1.02 bits per heavy atom. The van der Waals surface area contributed by atoms with Crippen molar-refractivity contribution in [1.82, 2.24) is 29.5 Å². The first-order valence-corrected chi connectivity index (χ1v) is 14.9. The van der Waals surface area contributed by atoms with E-state index in [2.05, 4.69) is 45.1 Å². The molecule has 1 aliphatic rings. The molecule has 1 saturated heterocycles. The number of fused-ring (bicyclic) bond motifs is 3. The summed E-state index contributed by atoms with van der Waals surface area (Å²) in [5, 5.41) is 21.4. The SMILES string of the molecule is Cc1ccc2c(c1)c1nnc(SCC(=O)N3CCN(C(=O)c4cccc([N+](=O)[O-])c4)C(C)C3)nc1n2Cc1ccccc1. The van der Waals surface area contributed by atoms with Gasteiger partial charge in [-0.05, 0) is 37.6 Å². The molecule has 11 nitrogen and oxygen atoms in total. The molecule has 1 fully saturated rings. The van der Waals surface area contributed by atoms with E-state index in [9.17, 15) is 19.7 Å². The zero-order chi connectivity index (χ0) is 30.1. The van der Waals surface area contributed by atoms with Gasteiger partial charge in [-0.25, -0.2) is 4.98 Å². The molecule has 43 heavy (non-hydrogen) atoms. The summed E-state index contributed by atoms with van der Waals surface area (Å²) in [6.45, 7) is 5.61. The largest absolute Gasteiger partial charge is 0.338 e. The van der Waals surface area contributed by atoms with Crippen molar-refractivity contribution in [2.45, 2.75) is 31.6 Å². The topological polar surface area (TPSA) is 127 Å². The molecule has 1 unspecified atom stereocenters. The van der Waals surface area contributed by atoms with Crippen LogP contribution in [0.15, 0.2) is 78.0 Å². The molecule has 0 N–H and O–H groups in total. The molecule has 3 aromatic carbocycles. The Balaban J connectivity index is 1.15. The van der Waals surface area contributed by atoms with E-state index in [-0.39, 0.29) is 34.9 Å². The van der Waals surface area contributed by atoms with E-state index in [0.29, 0.717) is 31.3 Å². The molecule has 12 heteroatoms. The predicted octanol–water partition coefficient (Wildman–Crippen LogP) is 4.71. The highest BCUT2D eigenvalue weighted by Crippen LogP contribution is 2.29. The Labute approximate surface area is 251 Å². The van der Waals surface area contributed by atoms with Crippen molar-refractivity contribution >= 4 is 51.3 Å². The van der Waals surface area contributed by atoms with Crippen LogP contribution in [0.1, 0.15) is 28.4 Å². The van der Waals surface area contributed by atoms with E-state index in [1.54, 1.807) is 15.9 Å². The maximum absolute atomic E-state index is 13.2. The summed E-state index contributed by atoms with van der Waals surface area (Å²) in [5.41, 5.74) is 4.86. The maximum atomic E-state index is 13.2. The average molecular weight is 596 g/mol. The lowest BCUT2D eigenvalue weighted by Gasteiger charge is -2.39. The smallest absolute Gasteiger partial charge is 0.270 e.